The summed E-state index contributed by atoms with van der Waals surface area (Å²) >= 11 is 3.28. The van der Waals surface area contributed by atoms with E-state index in [-0.39, 0.29) is 0 Å². The summed E-state index contributed by atoms with van der Waals surface area (Å²) in [5, 5.41) is 0. The summed E-state index contributed by atoms with van der Waals surface area (Å²) in [5.74, 6) is 0.739. The molecule has 5 heteroatoms. The third-order valence-corrected chi connectivity index (χ3v) is 3.04. The number of imidazole rings is 1. The summed E-state index contributed by atoms with van der Waals surface area (Å²) in [7, 11) is 0. The number of nitrogens with two attached hydrogens (primary N) is 1. The van der Waals surface area contributed by atoms with Gasteiger partial charge in [0.1, 0.15) is 11.3 Å². The molecule has 0 aromatic carbocycles. The zero-order valence-electron chi connectivity index (χ0n) is 8.93. The van der Waals surface area contributed by atoms with Gasteiger partial charge in [-0.1, -0.05) is 6.07 Å². The van der Waals surface area contributed by atoms with Crippen LogP contribution in [0.3, 0.4) is 0 Å². The van der Waals surface area contributed by atoms with Gasteiger partial charge in [-0.25, -0.2) is 4.98 Å². The molecule has 3 aromatic rings. The molecule has 0 spiro atoms. The van der Waals surface area contributed by atoms with Crippen molar-refractivity contribution in [1.29, 1.82) is 0 Å². The summed E-state index contributed by atoms with van der Waals surface area (Å²) in [6.45, 7) is 0.475. The topological polar surface area (TPSA) is 56.5 Å². The molecule has 0 saturated carbocycles. The minimum absolute atomic E-state index is 0.475. The van der Waals surface area contributed by atoms with E-state index in [9.17, 15) is 0 Å². The van der Waals surface area contributed by atoms with Crippen LogP contribution in [0.25, 0.3) is 17.1 Å². The predicted octanol–water partition coefficient (Wildman–Crippen LogP) is 2.82. The van der Waals surface area contributed by atoms with Crippen LogP contribution in [0.15, 0.2) is 45.7 Å². The molecule has 0 aliphatic rings. The van der Waals surface area contributed by atoms with Gasteiger partial charge in [0.25, 0.3) is 0 Å². The molecule has 0 amide bonds. The quantitative estimate of drug-likeness (QED) is 0.790. The van der Waals surface area contributed by atoms with E-state index in [1.165, 1.54) is 0 Å². The van der Waals surface area contributed by atoms with Gasteiger partial charge in [-0.2, -0.15) is 0 Å². The molecule has 0 atom stereocenters. The second kappa shape index (κ2) is 4.01. The Morgan fingerprint density at radius 3 is 2.94 bits per heavy atom. The number of hydrogen-bond donors (Lipinski definition) is 1. The lowest BCUT2D eigenvalue weighted by molar-refractivity contribution is 0.554. The highest BCUT2D eigenvalue weighted by Crippen LogP contribution is 2.25. The van der Waals surface area contributed by atoms with E-state index in [1.807, 2.05) is 41.1 Å². The van der Waals surface area contributed by atoms with Crippen LogP contribution in [0, 0.1) is 0 Å². The molecule has 0 radical (unpaired) electrons. The van der Waals surface area contributed by atoms with Crippen molar-refractivity contribution in [2.24, 2.45) is 5.73 Å². The summed E-state index contributed by atoms with van der Waals surface area (Å²) in [6.07, 6.45) is 3.88. The van der Waals surface area contributed by atoms with Crippen molar-refractivity contribution in [3.63, 3.8) is 0 Å². The lowest BCUT2D eigenvalue weighted by Gasteiger charge is -1.97. The Labute approximate surface area is 106 Å². The number of pyridine rings is 1. The molecule has 3 rings (SSSR count). The number of halogens is 1. The van der Waals surface area contributed by atoms with Crippen molar-refractivity contribution in [3.05, 3.63) is 46.9 Å². The summed E-state index contributed by atoms with van der Waals surface area (Å²) in [4.78, 5) is 4.54. The first-order chi connectivity index (χ1) is 8.28. The van der Waals surface area contributed by atoms with E-state index >= 15 is 0 Å². The number of aromatic nitrogens is 2. The van der Waals surface area contributed by atoms with Gasteiger partial charge in [0, 0.05) is 24.5 Å². The molecule has 0 saturated heterocycles. The van der Waals surface area contributed by atoms with Crippen LogP contribution in [0.2, 0.25) is 0 Å². The normalized spacial score (nSPS) is 11.2. The molecule has 0 aliphatic heterocycles. The van der Waals surface area contributed by atoms with Crippen molar-refractivity contribution in [2.75, 3.05) is 0 Å². The van der Waals surface area contributed by atoms with Crippen molar-refractivity contribution in [2.45, 2.75) is 6.54 Å². The molecule has 0 unspecified atom stereocenters. The molecule has 0 fully saturated rings. The highest BCUT2D eigenvalue weighted by atomic mass is 79.9. The van der Waals surface area contributed by atoms with Crippen molar-refractivity contribution < 1.29 is 4.42 Å². The number of fused-ring (bicyclic) bond motifs is 1. The Morgan fingerprint density at radius 2 is 2.24 bits per heavy atom. The third-order valence-electron chi connectivity index (χ3n) is 2.61. The standard InChI is InChI=1S/C12H10BrN3O/c13-11-4-3-10(17-11)9-7-16-5-1-2-8(6-14)12(16)15-9/h1-5,7H,6,14H2. The number of rotatable bonds is 2. The molecule has 3 aromatic heterocycles. The zero-order valence-corrected chi connectivity index (χ0v) is 10.5. The molecule has 0 aliphatic carbocycles. The van der Waals surface area contributed by atoms with Crippen LogP contribution < -0.4 is 5.73 Å². The summed E-state index contributed by atoms with van der Waals surface area (Å²) < 4.78 is 8.13. The van der Waals surface area contributed by atoms with Gasteiger partial charge in [0.2, 0.25) is 0 Å². The van der Waals surface area contributed by atoms with Crippen molar-refractivity contribution >= 4 is 21.6 Å². The Hall–Kier alpha value is -1.59. The fraction of sp³-hybridized carbons (Fsp3) is 0.0833. The largest absolute Gasteiger partial charge is 0.448 e. The highest BCUT2D eigenvalue weighted by Gasteiger charge is 2.09. The SMILES string of the molecule is NCc1cccn2cc(-c3ccc(Br)o3)nc12. The Morgan fingerprint density at radius 1 is 1.35 bits per heavy atom. The van der Waals surface area contributed by atoms with Gasteiger partial charge in [0.05, 0.1) is 0 Å². The fourth-order valence-electron chi connectivity index (χ4n) is 1.80. The maximum atomic E-state index is 5.68. The van der Waals surface area contributed by atoms with E-state index in [1.54, 1.807) is 0 Å². The van der Waals surface area contributed by atoms with Crippen LogP contribution in [0.4, 0.5) is 0 Å². The summed E-state index contributed by atoms with van der Waals surface area (Å²) in [6, 6.07) is 7.67. The first-order valence-corrected chi connectivity index (χ1v) is 5.99. The molecular formula is C12H10BrN3O. The lowest BCUT2D eigenvalue weighted by atomic mass is 10.3. The Kier molecular flexibility index (Phi) is 2.49. The zero-order chi connectivity index (χ0) is 11.8. The predicted molar refractivity (Wildman–Crippen MR) is 68.5 cm³/mol. The van der Waals surface area contributed by atoms with Gasteiger partial charge < -0.3 is 14.6 Å². The lowest BCUT2D eigenvalue weighted by Crippen LogP contribution is -1.99. The second-order valence-electron chi connectivity index (χ2n) is 3.70. The van der Waals surface area contributed by atoms with Crippen LogP contribution in [0.5, 0.6) is 0 Å². The second-order valence-corrected chi connectivity index (χ2v) is 4.48. The number of furan rings is 1. The van der Waals surface area contributed by atoms with Crippen LogP contribution in [-0.2, 0) is 6.54 Å². The van der Waals surface area contributed by atoms with Gasteiger partial charge in [-0.15, -0.1) is 0 Å². The van der Waals surface area contributed by atoms with Gasteiger partial charge in [-0.05, 0) is 34.1 Å². The molecule has 2 N–H and O–H groups in total. The third kappa shape index (κ3) is 1.77. The average Bonchev–Trinajstić information content (AvgIpc) is 2.93. The molecule has 86 valence electrons. The molecular weight excluding hydrogens is 282 g/mol. The summed E-state index contributed by atoms with van der Waals surface area (Å²) in [5.41, 5.74) is 8.38. The van der Waals surface area contributed by atoms with Gasteiger partial charge >= 0.3 is 0 Å². The van der Waals surface area contributed by atoms with E-state index in [4.69, 9.17) is 10.2 Å². The Bertz CT molecular complexity index is 671. The molecule has 0 bridgehead atoms. The smallest absolute Gasteiger partial charge is 0.169 e. The highest BCUT2D eigenvalue weighted by molar-refractivity contribution is 9.10. The van der Waals surface area contributed by atoms with Crippen molar-refractivity contribution in [3.8, 4) is 11.5 Å². The average molecular weight is 292 g/mol. The van der Waals surface area contributed by atoms with E-state index in [2.05, 4.69) is 20.9 Å². The van der Waals surface area contributed by atoms with Crippen LogP contribution in [0.1, 0.15) is 5.56 Å². The first kappa shape index (κ1) is 10.6. The van der Waals surface area contributed by atoms with Gasteiger partial charge in [-0.3, -0.25) is 0 Å². The molecule has 3 heterocycles. The van der Waals surface area contributed by atoms with E-state index in [0.717, 1.165) is 22.7 Å². The van der Waals surface area contributed by atoms with Crippen LogP contribution >= 0.6 is 15.9 Å². The first-order valence-electron chi connectivity index (χ1n) is 5.20. The Balaban J connectivity index is 2.19. The fourth-order valence-corrected chi connectivity index (χ4v) is 2.11. The minimum Gasteiger partial charge on any atom is -0.448 e. The number of hydrogen-bond acceptors (Lipinski definition) is 3. The van der Waals surface area contributed by atoms with E-state index < -0.39 is 0 Å². The molecule has 4 nitrogen and oxygen atoms in total. The van der Waals surface area contributed by atoms with E-state index in [0.29, 0.717) is 11.2 Å². The van der Waals surface area contributed by atoms with Crippen LogP contribution in [-0.4, -0.2) is 9.38 Å². The maximum Gasteiger partial charge on any atom is 0.169 e. The molecule has 17 heavy (non-hydrogen) atoms. The van der Waals surface area contributed by atoms with Crippen molar-refractivity contribution in [1.82, 2.24) is 9.38 Å². The van der Waals surface area contributed by atoms with Gasteiger partial charge in [0.15, 0.2) is 10.4 Å². The number of nitrogens with zero attached hydrogens (tertiary/aromatic N) is 2. The minimum atomic E-state index is 0.475. The maximum absolute atomic E-state index is 5.68. The monoisotopic (exact) mass is 291 g/mol.